The molecule has 29 heavy (non-hydrogen) atoms. The number of fused-ring (bicyclic) bond motifs is 1. The number of aliphatic hydroxyl groups excluding tert-OH is 1. The number of H-pyrrole nitrogens is 1. The molecule has 0 bridgehead atoms. The van der Waals surface area contributed by atoms with Gasteiger partial charge in [0.2, 0.25) is 5.56 Å². The number of aliphatic hydroxyl groups is 1. The first kappa shape index (κ1) is 19.5. The molecule has 7 heteroatoms. The van der Waals surface area contributed by atoms with E-state index in [4.69, 9.17) is 4.74 Å². The summed E-state index contributed by atoms with van der Waals surface area (Å²) in [5.74, 6) is -2.07. The van der Waals surface area contributed by atoms with Crippen molar-refractivity contribution in [1.82, 2.24) is 9.88 Å². The lowest BCUT2D eigenvalue weighted by Crippen LogP contribution is -2.35. The number of alkyl halides is 2. The molecule has 1 atom stereocenters. The Kier molecular flexibility index (Phi) is 5.34. The summed E-state index contributed by atoms with van der Waals surface area (Å²) in [5.41, 5.74) is 1.71. The minimum atomic E-state index is -2.66. The lowest BCUT2D eigenvalue weighted by atomic mass is 10.0. The highest BCUT2D eigenvalue weighted by Crippen LogP contribution is 2.28. The molecule has 152 valence electrons. The normalized spacial score (nSPS) is 17.5. The number of ether oxygens (including phenoxy) is 1. The molecule has 2 N–H and O–H groups in total. The van der Waals surface area contributed by atoms with Crippen molar-refractivity contribution in [3.05, 3.63) is 65.1 Å². The summed E-state index contributed by atoms with van der Waals surface area (Å²) in [6.07, 6.45) is 0.664. The van der Waals surface area contributed by atoms with Crippen molar-refractivity contribution in [1.29, 1.82) is 0 Å². The van der Waals surface area contributed by atoms with Crippen molar-refractivity contribution >= 4 is 10.8 Å². The predicted octanol–water partition coefficient (Wildman–Crippen LogP) is 3.28. The number of β-amino-alcohol motifs (C(OH)–C–C–N with tert-alkyl or cyclic N) is 1. The van der Waals surface area contributed by atoms with E-state index in [2.05, 4.69) is 4.98 Å². The summed E-state index contributed by atoms with van der Waals surface area (Å²) in [7, 11) is 0. The van der Waals surface area contributed by atoms with Crippen LogP contribution in [0.1, 0.15) is 6.42 Å². The minimum Gasteiger partial charge on any atom is -0.491 e. The number of nitrogens with one attached hydrogen (secondary N) is 1. The van der Waals surface area contributed by atoms with Crippen molar-refractivity contribution in [2.24, 2.45) is 0 Å². The third kappa shape index (κ3) is 4.81. The molecule has 0 aliphatic carbocycles. The standard InChI is InChI=1S/C22H22F2N2O3/c23-22(24)7-8-26(14-22)12-19(27)13-29-20-5-3-15-1-2-16(9-18(15)10-20)17-4-6-21(28)25-11-17/h1-6,9-11,19,27H,7-8,12-14H2,(H,25,28). The van der Waals surface area contributed by atoms with E-state index in [1.165, 1.54) is 6.07 Å². The Morgan fingerprint density at radius 1 is 1.10 bits per heavy atom. The zero-order chi connectivity index (χ0) is 20.4. The van der Waals surface area contributed by atoms with Crippen molar-refractivity contribution in [3.63, 3.8) is 0 Å². The van der Waals surface area contributed by atoms with Gasteiger partial charge in [-0.05, 0) is 46.2 Å². The second-order valence-electron chi connectivity index (χ2n) is 7.47. The molecule has 3 aromatic rings. The maximum Gasteiger partial charge on any atom is 0.261 e. The van der Waals surface area contributed by atoms with Crippen LogP contribution in [0.2, 0.25) is 0 Å². The first-order valence-electron chi connectivity index (χ1n) is 9.52. The second-order valence-corrected chi connectivity index (χ2v) is 7.47. The van der Waals surface area contributed by atoms with E-state index in [1.807, 2.05) is 36.4 Å². The van der Waals surface area contributed by atoms with Crippen LogP contribution >= 0.6 is 0 Å². The number of pyridine rings is 1. The molecule has 5 nitrogen and oxygen atoms in total. The maximum atomic E-state index is 13.2. The van der Waals surface area contributed by atoms with Gasteiger partial charge in [0.05, 0.1) is 6.54 Å². The van der Waals surface area contributed by atoms with Crippen LogP contribution < -0.4 is 10.3 Å². The van der Waals surface area contributed by atoms with E-state index in [0.29, 0.717) is 5.75 Å². The predicted molar refractivity (Wildman–Crippen MR) is 108 cm³/mol. The maximum absolute atomic E-state index is 13.2. The Morgan fingerprint density at radius 3 is 2.62 bits per heavy atom. The van der Waals surface area contributed by atoms with Gasteiger partial charge in [-0.25, -0.2) is 8.78 Å². The Labute approximate surface area is 166 Å². The summed E-state index contributed by atoms with van der Waals surface area (Å²) < 4.78 is 32.2. The topological polar surface area (TPSA) is 65.6 Å². The second kappa shape index (κ2) is 7.93. The molecule has 2 aromatic carbocycles. The van der Waals surface area contributed by atoms with E-state index in [9.17, 15) is 18.7 Å². The first-order chi connectivity index (χ1) is 13.9. The summed E-state index contributed by atoms with van der Waals surface area (Å²) >= 11 is 0. The van der Waals surface area contributed by atoms with Gasteiger partial charge in [0.25, 0.3) is 5.92 Å². The number of hydrogen-bond acceptors (Lipinski definition) is 4. The lowest BCUT2D eigenvalue weighted by Gasteiger charge is -2.20. The highest BCUT2D eigenvalue weighted by atomic mass is 19.3. The Hall–Kier alpha value is -2.77. The molecule has 4 rings (SSSR count). The fourth-order valence-electron chi connectivity index (χ4n) is 3.59. The van der Waals surface area contributed by atoms with Gasteiger partial charge in [-0.3, -0.25) is 9.69 Å². The molecule has 1 unspecified atom stereocenters. The number of aromatic nitrogens is 1. The molecular weight excluding hydrogens is 378 g/mol. The van der Waals surface area contributed by atoms with Gasteiger partial charge < -0.3 is 14.8 Å². The fourth-order valence-corrected chi connectivity index (χ4v) is 3.59. The van der Waals surface area contributed by atoms with Crippen molar-refractivity contribution < 1.29 is 18.6 Å². The van der Waals surface area contributed by atoms with Gasteiger partial charge in [0.1, 0.15) is 18.5 Å². The monoisotopic (exact) mass is 400 g/mol. The highest BCUT2D eigenvalue weighted by molar-refractivity contribution is 5.88. The van der Waals surface area contributed by atoms with Gasteiger partial charge in [-0.15, -0.1) is 0 Å². The van der Waals surface area contributed by atoms with Crippen LogP contribution in [0.15, 0.2) is 59.5 Å². The van der Waals surface area contributed by atoms with Gasteiger partial charge >= 0.3 is 0 Å². The molecule has 0 spiro atoms. The van der Waals surface area contributed by atoms with Crippen molar-refractivity contribution in [2.45, 2.75) is 18.4 Å². The minimum absolute atomic E-state index is 0.0349. The van der Waals surface area contributed by atoms with E-state index in [-0.39, 0.29) is 38.2 Å². The Bertz CT molecular complexity index is 1050. The lowest BCUT2D eigenvalue weighted by molar-refractivity contribution is 0.00461. The Morgan fingerprint density at radius 2 is 1.90 bits per heavy atom. The Balaban J connectivity index is 1.42. The number of benzene rings is 2. The number of aromatic amines is 1. The summed E-state index contributed by atoms with van der Waals surface area (Å²) in [4.78, 5) is 15.5. The largest absolute Gasteiger partial charge is 0.491 e. The smallest absolute Gasteiger partial charge is 0.261 e. The number of likely N-dealkylation sites (tertiary alicyclic amines) is 1. The number of hydrogen-bond donors (Lipinski definition) is 2. The molecule has 0 saturated carbocycles. The fraction of sp³-hybridized carbons (Fsp3) is 0.318. The van der Waals surface area contributed by atoms with Crippen LogP contribution in [0, 0.1) is 0 Å². The quantitative estimate of drug-likeness (QED) is 0.667. The number of nitrogens with zero attached hydrogens (tertiary/aromatic N) is 1. The molecule has 1 saturated heterocycles. The van der Waals surface area contributed by atoms with Crippen LogP contribution in [0.3, 0.4) is 0 Å². The zero-order valence-corrected chi connectivity index (χ0v) is 15.8. The van der Waals surface area contributed by atoms with Crippen LogP contribution in [-0.2, 0) is 0 Å². The molecule has 0 amide bonds. The molecule has 1 aromatic heterocycles. The molecule has 1 fully saturated rings. The van der Waals surface area contributed by atoms with E-state index >= 15 is 0 Å². The number of rotatable bonds is 6. The van der Waals surface area contributed by atoms with Gasteiger partial charge in [-0.1, -0.05) is 18.2 Å². The zero-order valence-electron chi connectivity index (χ0n) is 15.8. The molecular formula is C22H22F2N2O3. The van der Waals surface area contributed by atoms with Crippen LogP contribution in [0.25, 0.3) is 21.9 Å². The van der Waals surface area contributed by atoms with Gasteiger partial charge in [-0.2, -0.15) is 0 Å². The average molecular weight is 400 g/mol. The summed E-state index contributed by atoms with van der Waals surface area (Å²) in [6, 6.07) is 14.8. The molecule has 0 radical (unpaired) electrons. The van der Waals surface area contributed by atoms with Crippen molar-refractivity contribution in [3.8, 4) is 16.9 Å². The summed E-state index contributed by atoms with van der Waals surface area (Å²) in [5, 5.41) is 12.1. The molecule has 1 aliphatic rings. The number of halogens is 2. The average Bonchev–Trinajstić information content (AvgIpc) is 3.04. The summed E-state index contributed by atoms with van der Waals surface area (Å²) in [6.45, 7) is 0.174. The third-order valence-corrected chi connectivity index (χ3v) is 5.09. The van der Waals surface area contributed by atoms with E-state index in [0.717, 1.165) is 21.9 Å². The molecule has 1 aliphatic heterocycles. The van der Waals surface area contributed by atoms with E-state index < -0.39 is 12.0 Å². The van der Waals surface area contributed by atoms with Crippen LogP contribution in [0.5, 0.6) is 5.75 Å². The first-order valence-corrected chi connectivity index (χ1v) is 9.52. The highest BCUT2D eigenvalue weighted by Gasteiger charge is 2.38. The van der Waals surface area contributed by atoms with Gasteiger partial charge in [0, 0.05) is 31.8 Å². The van der Waals surface area contributed by atoms with Crippen molar-refractivity contribution in [2.75, 3.05) is 26.2 Å². The SMILES string of the molecule is O=c1ccc(-c2ccc3ccc(OCC(O)CN4CCC(F)(F)C4)cc3c2)c[nH]1. The molecule has 2 heterocycles. The van der Waals surface area contributed by atoms with Crippen LogP contribution in [0.4, 0.5) is 8.78 Å². The third-order valence-electron chi connectivity index (χ3n) is 5.09. The van der Waals surface area contributed by atoms with Crippen LogP contribution in [-0.4, -0.2) is 53.3 Å². The van der Waals surface area contributed by atoms with E-state index in [1.54, 1.807) is 17.2 Å². The van der Waals surface area contributed by atoms with Gasteiger partial charge in [0.15, 0.2) is 0 Å².